The molecule has 0 aliphatic heterocycles. The van der Waals surface area contributed by atoms with E-state index in [1.165, 1.54) is 16.7 Å². The minimum atomic E-state index is 0.0295. The van der Waals surface area contributed by atoms with E-state index in [0.29, 0.717) is 25.4 Å². The van der Waals surface area contributed by atoms with Crippen molar-refractivity contribution in [3.8, 4) is 5.75 Å². The number of carbonyl (C=O) groups is 1. The lowest BCUT2D eigenvalue weighted by Crippen LogP contribution is -2.13. The minimum absolute atomic E-state index is 0.0295. The molecule has 3 heteroatoms. The third-order valence-electron chi connectivity index (χ3n) is 4.34. The summed E-state index contributed by atoms with van der Waals surface area (Å²) in [6.45, 7) is 11.1. The highest BCUT2D eigenvalue weighted by atomic mass is 16.5. The van der Waals surface area contributed by atoms with E-state index in [9.17, 15) is 4.79 Å². The zero-order chi connectivity index (χ0) is 18.4. The first-order chi connectivity index (χ1) is 11.9. The first kappa shape index (κ1) is 19.0. The first-order valence-corrected chi connectivity index (χ1v) is 8.97. The van der Waals surface area contributed by atoms with Crippen LogP contribution in [0.4, 0.5) is 5.69 Å². The molecule has 0 atom stereocenters. The molecular weight excluding hydrogens is 310 g/mol. The Labute approximate surface area is 151 Å². The highest BCUT2D eigenvalue weighted by Gasteiger charge is 2.07. The van der Waals surface area contributed by atoms with Crippen LogP contribution < -0.4 is 10.1 Å². The van der Waals surface area contributed by atoms with Gasteiger partial charge in [0.1, 0.15) is 5.75 Å². The molecule has 0 saturated carbocycles. The van der Waals surface area contributed by atoms with E-state index in [0.717, 1.165) is 17.0 Å². The number of anilines is 1. The maximum absolute atomic E-state index is 12.1. The Bertz CT molecular complexity index is 735. The predicted octanol–water partition coefficient (Wildman–Crippen LogP) is 5.53. The second-order valence-corrected chi connectivity index (χ2v) is 6.99. The third kappa shape index (κ3) is 5.63. The van der Waals surface area contributed by atoms with Crippen LogP contribution in [0.15, 0.2) is 36.4 Å². The Balaban J connectivity index is 1.77. The monoisotopic (exact) mass is 339 g/mol. The van der Waals surface area contributed by atoms with Gasteiger partial charge in [0, 0.05) is 12.1 Å². The van der Waals surface area contributed by atoms with Crippen molar-refractivity contribution in [2.24, 2.45) is 0 Å². The Morgan fingerprint density at radius 2 is 1.80 bits per heavy atom. The Hall–Kier alpha value is -2.29. The fourth-order valence-electron chi connectivity index (χ4n) is 2.98. The molecule has 1 amide bonds. The quantitative estimate of drug-likeness (QED) is 0.673. The summed E-state index contributed by atoms with van der Waals surface area (Å²) in [4.78, 5) is 12.1. The van der Waals surface area contributed by atoms with Crippen molar-refractivity contribution >= 4 is 11.6 Å². The second kappa shape index (κ2) is 8.70. The van der Waals surface area contributed by atoms with Gasteiger partial charge >= 0.3 is 0 Å². The lowest BCUT2D eigenvalue weighted by Gasteiger charge is -2.12. The van der Waals surface area contributed by atoms with E-state index < -0.39 is 0 Å². The molecule has 0 aliphatic carbocycles. The second-order valence-electron chi connectivity index (χ2n) is 6.99. The van der Waals surface area contributed by atoms with Gasteiger partial charge in [-0.3, -0.25) is 4.79 Å². The van der Waals surface area contributed by atoms with Gasteiger partial charge in [-0.05, 0) is 68.0 Å². The largest absolute Gasteiger partial charge is 0.494 e. The summed E-state index contributed by atoms with van der Waals surface area (Å²) < 4.78 is 5.78. The Morgan fingerprint density at radius 3 is 2.44 bits per heavy atom. The van der Waals surface area contributed by atoms with Crippen LogP contribution in [0.3, 0.4) is 0 Å². The number of nitrogens with one attached hydrogen (secondary N) is 1. The fraction of sp³-hybridized carbons (Fsp3) is 0.409. The van der Waals surface area contributed by atoms with E-state index in [1.807, 2.05) is 32.0 Å². The number of carbonyl (C=O) groups excluding carboxylic acids is 1. The lowest BCUT2D eigenvalue weighted by molar-refractivity contribution is -0.116. The third-order valence-corrected chi connectivity index (χ3v) is 4.34. The van der Waals surface area contributed by atoms with Gasteiger partial charge in [0.2, 0.25) is 5.91 Å². The molecule has 0 radical (unpaired) electrons. The summed E-state index contributed by atoms with van der Waals surface area (Å²) in [6, 6.07) is 12.3. The molecule has 0 bridgehead atoms. The maximum Gasteiger partial charge on any atom is 0.224 e. The molecule has 0 aromatic heterocycles. The zero-order valence-corrected chi connectivity index (χ0v) is 16.0. The Morgan fingerprint density at radius 1 is 1.04 bits per heavy atom. The molecule has 0 heterocycles. The van der Waals surface area contributed by atoms with Gasteiger partial charge in [0.05, 0.1) is 6.61 Å². The van der Waals surface area contributed by atoms with Crippen LogP contribution in [0.1, 0.15) is 54.9 Å². The molecule has 2 rings (SSSR count). The van der Waals surface area contributed by atoms with Gasteiger partial charge in [0.25, 0.3) is 0 Å². The fourth-order valence-corrected chi connectivity index (χ4v) is 2.98. The van der Waals surface area contributed by atoms with Crippen LogP contribution in [0.5, 0.6) is 5.75 Å². The number of ether oxygens (including phenoxy) is 1. The highest BCUT2D eigenvalue weighted by molar-refractivity contribution is 5.91. The highest BCUT2D eigenvalue weighted by Crippen LogP contribution is 2.23. The minimum Gasteiger partial charge on any atom is -0.494 e. The van der Waals surface area contributed by atoms with Gasteiger partial charge in [0.15, 0.2) is 0 Å². The first-order valence-electron chi connectivity index (χ1n) is 8.97. The molecule has 2 aromatic rings. The van der Waals surface area contributed by atoms with E-state index in [4.69, 9.17) is 4.74 Å². The van der Waals surface area contributed by atoms with Crippen LogP contribution in [-0.2, 0) is 4.79 Å². The van der Waals surface area contributed by atoms with E-state index in [-0.39, 0.29) is 5.91 Å². The van der Waals surface area contributed by atoms with Crippen LogP contribution in [-0.4, -0.2) is 12.5 Å². The predicted molar refractivity (Wildman–Crippen MR) is 105 cm³/mol. The summed E-state index contributed by atoms with van der Waals surface area (Å²) in [5, 5.41) is 2.97. The van der Waals surface area contributed by atoms with Crippen molar-refractivity contribution in [2.75, 3.05) is 11.9 Å². The normalized spacial score (nSPS) is 10.8. The number of benzene rings is 2. The molecule has 134 valence electrons. The summed E-state index contributed by atoms with van der Waals surface area (Å²) in [6.07, 6.45) is 1.15. The van der Waals surface area contributed by atoms with Crippen molar-refractivity contribution in [1.29, 1.82) is 0 Å². The summed E-state index contributed by atoms with van der Waals surface area (Å²) in [5.41, 5.74) is 5.77. The number of amides is 1. The topological polar surface area (TPSA) is 38.3 Å². The zero-order valence-electron chi connectivity index (χ0n) is 16.0. The smallest absolute Gasteiger partial charge is 0.224 e. The molecule has 3 nitrogen and oxygen atoms in total. The molecule has 25 heavy (non-hydrogen) atoms. The van der Waals surface area contributed by atoms with Gasteiger partial charge in [-0.1, -0.05) is 37.6 Å². The van der Waals surface area contributed by atoms with Crippen molar-refractivity contribution in [3.05, 3.63) is 58.7 Å². The van der Waals surface area contributed by atoms with Gasteiger partial charge in [-0.2, -0.15) is 0 Å². The van der Waals surface area contributed by atoms with Crippen LogP contribution in [0, 0.1) is 20.8 Å². The summed E-state index contributed by atoms with van der Waals surface area (Å²) in [7, 11) is 0. The van der Waals surface area contributed by atoms with Crippen LogP contribution in [0.25, 0.3) is 0 Å². The molecule has 0 saturated heterocycles. The molecule has 0 spiro atoms. The molecular formula is C22H29NO2. The van der Waals surface area contributed by atoms with Crippen molar-refractivity contribution in [1.82, 2.24) is 0 Å². The molecule has 0 unspecified atom stereocenters. The van der Waals surface area contributed by atoms with E-state index in [1.54, 1.807) is 0 Å². The average Bonchev–Trinajstić information content (AvgIpc) is 2.54. The standard InChI is InChI=1S/C22H29NO2/c1-15(2)20-10-9-19(14-17(20)4)25-12-6-7-22(24)23-21-11-8-16(3)13-18(21)5/h8-11,13-15H,6-7,12H2,1-5H3,(H,23,24). The molecule has 1 N–H and O–H groups in total. The van der Waals surface area contributed by atoms with Crippen molar-refractivity contribution < 1.29 is 9.53 Å². The lowest BCUT2D eigenvalue weighted by atomic mass is 9.98. The van der Waals surface area contributed by atoms with Gasteiger partial charge in [-0.15, -0.1) is 0 Å². The SMILES string of the molecule is Cc1ccc(NC(=O)CCCOc2ccc(C(C)C)c(C)c2)c(C)c1. The van der Waals surface area contributed by atoms with Crippen molar-refractivity contribution in [2.45, 2.75) is 53.4 Å². The van der Waals surface area contributed by atoms with Crippen LogP contribution >= 0.6 is 0 Å². The van der Waals surface area contributed by atoms with E-state index >= 15 is 0 Å². The molecule has 0 aliphatic rings. The van der Waals surface area contributed by atoms with Gasteiger partial charge in [-0.25, -0.2) is 0 Å². The van der Waals surface area contributed by atoms with Crippen LogP contribution in [0.2, 0.25) is 0 Å². The van der Waals surface area contributed by atoms with Gasteiger partial charge < -0.3 is 10.1 Å². The van der Waals surface area contributed by atoms with E-state index in [2.05, 4.69) is 44.3 Å². The molecule has 0 fully saturated rings. The summed E-state index contributed by atoms with van der Waals surface area (Å²) in [5.74, 6) is 1.42. The molecule has 2 aromatic carbocycles. The number of hydrogen-bond donors (Lipinski definition) is 1. The number of rotatable bonds is 7. The number of hydrogen-bond acceptors (Lipinski definition) is 2. The van der Waals surface area contributed by atoms with Crippen molar-refractivity contribution in [3.63, 3.8) is 0 Å². The summed E-state index contributed by atoms with van der Waals surface area (Å²) >= 11 is 0. The average molecular weight is 339 g/mol. The number of aryl methyl sites for hydroxylation is 3. The maximum atomic E-state index is 12.1. The Kier molecular flexibility index (Phi) is 6.63.